The molecule has 140 valence electrons. The van der Waals surface area contributed by atoms with E-state index in [0.717, 1.165) is 43.2 Å². The maximum absolute atomic E-state index is 12.3. The third kappa shape index (κ3) is 4.94. The molecular formula is C21H23N3O3. The van der Waals surface area contributed by atoms with E-state index in [9.17, 15) is 14.9 Å². The molecule has 0 aromatic heterocycles. The van der Waals surface area contributed by atoms with Crippen LogP contribution in [0.1, 0.15) is 25.3 Å². The number of nitro benzene ring substituents is 1. The summed E-state index contributed by atoms with van der Waals surface area (Å²) in [5.74, 6) is 0.472. The summed E-state index contributed by atoms with van der Waals surface area (Å²) < 4.78 is 0. The Morgan fingerprint density at radius 3 is 2.67 bits per heavy atom. The van der Waals surface area contributed by atoms with E-state index < -0.39 is 4.92 Å². The van der Waals surface area contributed by atoms with Crippen LogP contribution >= 0.6 is 0 Å². The fourth-order valence-corrected chi connectivity index (χ4v) is 3.19. The van der Waals surface area contributed by atoms with E-state index in [1.807, 2.05) is 24.3 Å². The van der Waals surface area contributed by atoms with Crippen LogP contribution in [0.5, 0.6) is 0 Å². The van der Waals surface area contributed by atoms with Gasteiger partial charge in [-0.15, -0.1) is 0 Å². The predicted molar refractivity (Wildman–Crippen MR) is 108 cm³/mol. The second-order valence-corrected chi connectivity index (χ2v) is 6.86. The Bertz CT molecular complexity index is 855. The van der Waals surface area contributed by atoms with E-state index >= 15 is 0 Å². The highest BCUT2D eigenvalue weighted by Gasteiger charge is 2.18. The van der Waals surface area contributed by atoms with Crippen LogP contribution in [0, 0.1) is 16.0 Å². The number of carbonyl (C=O) groups excluding carboxylic acids is 1. The SMILES string of the molecule is CC1CCN(c2ccccc2NC(=O)C=Cc2cccc([N+](=O)[O-])c2)CC1. The Balaban J connectivity index is 1.69. The lowest BCUT2D eigenvalue weighted by atomic mass is 9.98. The monoisotopic (exact) mass is 365 g/mol. The summed E-state index contributed by atoms with van der Waals surface area (Å²) in [6, 6.07) is 14.0. The molecule has 1 fully saturated rings. The first-order chi connectivity index (χ1) is 13.0. The van der Waals surface area contributed by atoms with Crippen LogP contribution in [-0.4, -0.2) is 23.9 Å². The fraction of sp³-hybridized carbons (Fsp3) is 0.286. The summed E-state index contributed by atoms with van der Waals surface area (Å²) in [7, 11) is 0. The third-order valence-corrected chi connectivity index (χ3v) is 4.79. The molecule has 27 heavy (non-hydrogen) atoms. The van der Waals surface area contributed by atoms with Crippen molar-refractivity contribution >= 4 is 29.0 Å². The van der Waals surface area contributed by atoms with Gasteiger partial charge >= 0.3 is 0 Å². The first kappa shape index (κ1) is 18.6. The van der Waals surface area contributed by atoms with Gasteiger partial charge in [-0.2, -0.15) is 0 Å². The van der Waals surface area contributed by atoms with Crippen molar-refractivity contribution < 1.29 is 9.72 Å². The van der Waals surface area contributed by atoms with Crippen LogP contribution < -0.4 is 10.2 Å². The Kier molecular flexibility index (Phi) is 5.86. The quantitative estimate of drug-likeness (QED) is 0.481. The molecule has 6 heteroatoms. The van der Waals surface area contributed by atoms with Crippen molar-refractivity contribution in [3.8, 4) is 0 Å². The van der Waals surface area contributed by atoms with Gasteiger partial charge in [-0.1, -0.05) is 31.2 Å². The zero-order chi connectivity index (χ0) is 19.2. The zero-order valence-electron chi connectivity index (χ0n) is 15.3. The number of hydrogen-bond acceptors (Lipinski definition) is 4. The highest BCUT2D eigenvalue weighted by Crippen LogP contribution is 2.29. The molecule has 0 bridgehead atoms. The average Bonchev–Trinajstić information content (AvgIpc) is 2.68. The minimum Gasteiger partial charge on any atom is -0.370 e. The molecule has 1 heterocycles. The van der Waals surface area contributed by atoms with Crippen molar-refractivity contribution in [3.63, 3.8) is 0 Å². The predicted octanol–water partition coefficient (Wildman–Crippen LogP) is 4.48. The van der Waals surface area contributed by atoms with Gasteiger partial charge in [0.05, 0.1) is 16.3 Å². The highest BCUT2D eigenvalue weighted by molar-refractivity contribution is 6.03. The van der Waals surface area contributed by atoms with Gasteiger partial charge in [0.1, 0.15) is 0 Å². The molecule has 1 N–H and O–H groups in total. The molecule has 6 nitrogen and oxygen atoms in total. The minimum absolute atomic E-state index is 0.00207. The van der Waals surface area contributed by atoms with Crippen molar-refractivity contribution in [2.75, 3.05) is 23.3 Å². The molecule has 1 amide bonds. The van der Waals surface area contributed by atoms with Crippen LogP contribution in [-0.2, 0) is 4.79 Å². The molecule has 0 spiro atoms. The molecule has 3 rings (SSSR count). The first-order valence-electron chi connectivity index (χ1n) is 9.10. The number of hydrogen-bond donors (Lipinski definition) is 1. The Hall–Kier alpha value is -3.15. The minimum atomic E-state index is -0.451. The van der Waals surface area contributed by atoms with Gasteiger partial charge in [0.15, 0.2) is 0 Å². The number of carbonyl (C=O) groups is 1. The largest absolute Gasteiger partial charge is 0.370 e. The van der Waals surface area contributed by atoms with E-state index in [4.69, 9.17) is 0 Å². The van der Waals surface area contributed by atoms with Gasteiger partial charge in [0.25, 0.3) is 5.69 Å². The van der Waals surface area contributed by atoms with Crippen molar-refractivity contribution in [2.45, 2.75) is 19.8 Å². The van der Waals surface area contributed by atoms with Crippen LogP contribution in [0.25, 0.3) is 6.08 Å². The molecule has 2 aromatic rings. The van der Waals surface area contributed by atoms with Gasteiger partial charge in [-0.25, -0.2) is 0 Å². The zero-order valence-corrected chi connectivity index (χ0v) is 15.3. The number of anilines is 2. The lowest BCUT2D eigenvalue weighted by molar-refractivity contribution is -0.384. The highest BCUT2D eigenvalue weighted by atomic mass is 16.6. The second-order valence-electron chi connectivity index (χ2n) is 6.86. The molecule has 0 aliphatic carbocycles. The molecule has 1 aliphatic rings. The maximum Gasteiger partial charge on any atom is 0.270 e. The number of piperidine rings is 1. The lowest BCUT2D eigenvalue weighted by Gasteiger charge is -2.33. The van der Waals surface area contributed by atoms with Gasteiger partial charge in [0, 0.05) is 31.3 Å². The van der Waals surface area contributed by atoms with E-state index in [-0.39, 0.29) is 11.6 Å². The van der Waals surface area contributed by atoms with Crippen LogP contribution in [0.15, 0.2) is 54.6 Å². The average molecular weight is 365 g/mol. The number of amides is 1. The molecule has 1 saturated heterocycles. The van der Waals surface area contributed by atoms with Gasteiger partial charge in [-0.3, -0.25) is 14.9 Å². The molecule has 0 unspecified atom stereocenters. The summed E-state index contributed by atoms with van der Waals surface area (Å²) in [5, 5.41) is 13.8. The number of nitrogens with one attached hydrogen (secondary N) is 1. The summed E-state index contributed by atoms with van der Waals surface area (Å²) in [4.78, 5) is 25.0. The Morgan fingerprint density at radius 1 is 1.19 bits per heavy atom. The summed E-state index contributed by atoms with van der Waals surface area (Å²) in [6.07, 6.45) is 5.27. The van der Waals surface area contributed by atoms with Gasteiger partial charge < -0.3 is 10.2 Å². The molecule has 0 saturated carbocycles. The number of benzene rings is 2. The number of nitrogens with zero attached hydrogens (tertiary/aromatic N) is 2. The first-order valence-corrected chi connectivity index (χ1v) is 9.10. The molecule has 2 aromatic carbocycles. The van der Waals surface area contributed by atoms with E-state index in [1.165, 1.54) is 18.2 Å². The van der Waals surface area contributed by atoms with Crippen molar-refractivity contribution in [3.05, 3.63) is 70.3 Å². The summed E-state index contributed by atoms with van der Waals surface area (Å²) in [6.45, 7) is 4.24. The second kappa shape index (κ2) is 8.49. The smallest absolute Gasteiger partial charge is 0.270 e. The number of non-ortho nitro benzene ring substituents is 1. The lowest BCUT2D eigenvalue weighted by Crippen LogP contribution is -2.33. The van der Waals surface area contributed by atoms with E-state index in [1.54, 1.807) is 18.2 Å². The van der Waals surface area contributed by atoms with E-state index in [2.05, 4.69) is 17.1 Å². The Morgan fingerprint density at radius 2 is 1.93 bits per heavy atom. The standard InChI is InChI=1S/C21H23N3O3/c1-16-11-13-23(14-12-16)20-8-3-2-7-19(20)22-21(25)10-9-17-5-4-6-18(15-17)24(26)27/h2-10,15-16H,11-14H2,1H3,(H,22,25). The van der Waals surface area contributed by atoms with Crippen LogP contribution in [0.4, 0.5) is 17.1 Å². The van der Waals surface area contributed by atoms with E-state index in [0.29, 0.717) is 5.56 Å². The van der Waals surface area contributed by atoms with Crippen LogP contribution in [0.3, 0.4) is 0 Å². The number of rotatable bonds is 5. The Labute approximate surface area is 158 Å². The van der Waals surface area contributed by atoms with Crippen molar-refractivity contribution in [2.24, 2.45) is 5.92 Å². The van der Waals surface area contributed by atoms with Crippen LogP contribution in [0.2, 0.25) is 0 Å². The maximum atomic E-state index is 12.3. The number of para-hydroxylation sites is 2. The van der Waals surface area contributed by atoms with Crippen molar-refractivity contribution in [1.29, 1.82) is 0 Å². The molecule has 0 atom stereocenters. The fourth-order valence-electron chi connectivity index (χ4n) is 3.19. The van der Waals surface area contributed by atoms with Gasteiger partial charge in [0.2, 0.25) is 5.91 Å². The topological polar surface area (TPSA) is 75.5 Å². The van der Waals surface area contributed by atoms with Crippen molar-refractivity contribution in [1.82, 2.24) is 0 Å². The third-order valence-electron chi connectivity index (χ3n) is 4.79. The normalized spacial score (nSPS) is 15.1. The van der Waals surface area contributed by atoms with Gasteiger partial charge in [-0.05, 0) is 42.5 Å². The summed E-state index contributed by atoms with van der Waals surface area (Å²) >= 11 is 0. The molecular weight excluding hydrogens is 342 g/mol. The number of nitro groups is 1. The molecule has 0 radical (unpaired) electrons. The summed E-state index contributed by atoms with van der Waals surface area (Å²) in [5.41, 5.74) is 2.42. The molecule has 1 aliphatic heterocycles.